The van der Waals surface area contributed by atoms with Gasteiger partial charge in [-0.15, -0.1) is 0 Å². The minimum Gasteiger partial charge on any atom is -0.344 e. The van der Waals surface area contributed by atoms with E-state index in [0.717, 1.165) is 31.9 Å². The Labute approximate surface area is 90.1 Å². The molecule has 0 bridgehead atoms. The molecule has 1 aliphatic carbocycles. The van der Waals surface area contributed by atoms with Gasteiger partial charge < -0.3 is 15.2 Å². The van der Waals surface area contributed by atoms with Crippen LogP contribution in [0.1, 0.15) is 25.0 Å². The van der Waals surface area contributed by atoms with Gasteiger partial charge in [0.15, 0.2) is 0 Å². The van der Waals surface area contributed by atoms with E-state index in [2.05, 4.69) is 27.7 Å². The summed E-state index contributed by atoms with van der Waals surface area (Å²) >= 11 is 0. The van der Waals surface area contributed by atoms with E-state index in [1.807, 2.05) is 0 Å². The van der Waals surface area contributed by atoms with Crippen molar-refractivity contribution < 1.29 is 0 Å². The van der Waals surface area contributed by atoms with Crippen LogP contribution in [0.4, 0.5) is 5.95 Å². The third-order valence-electron chi connectivity index (χ3n) is 3.59. The van der Waals surface area contributed by atoms with Gasteiger partial charge in [-0.3, -0.25) is 0 Å². The zero-order chi connectivity index (χ0) is 10.5. The van der Waals surface area contributed by atoms with E-state index in [1.54, 1.807) is 0 Å². The first-order valence-electron chi connectivity index (χ1n) is 5.72. The number of aryl methyl sites for hydroxylation is 1. The van der Waals surface area contributed by atoms with Crippen LogP contribution in [0.25, 0.3) is 0 Å². The van der Waals surface area contributed by atoms with Crippen LogP contribution >= 0.6 is 0 Å². The van der Waals surface area contributed by atoms with Gasteiger partial charge in [0, 0.05) is 31.9 Å². The molecule has 4 heteroatoms. The second-order valence-corrected chi connectivity index (χ2v) is 5.01. The minimum absolute atomic E-state index is 0.153. The molecule has 1 aromatic heterocycles. The molecule has 4 nitrogen and oxygen atoms in total. The van der Waals surface area contributed by atoms with Crippen LogP contribution < -0.4 is 10.6 Å². The lowest BCUT2D eigenvalue weighted by atomic mass is 10.1. The van der Waals surface area contributed by atoms with Crippen molar-refractivity contribution in [2.24, 2.45) is 5.73 Å². The molecule has 0 unspecified atom stereocenters. The van der Waals surface area contributed by atoms with E-state index < -0.39 is 0 Å². The smallest absolute Gasteiger partial charge is 0.205 e. The number of nitrogens with zero attached hydrogens (tertiary/aromatic N) is 3. The lowest BCUT2D eigenvalue weighted by Gasteiger charge is -2.07. The highest BCUT2D eigenvalue weighted by Gasteiger charge is 2.37. The van der Waals surface area contributed by atoms with Crippen LogP contribution in [0.2, 0.25) is 0 Å². The van der Waals surface area contributed by atoms with Crippen molar-refractivity contribution in [3.63, 3.8) is 0 Å². The predicted molar refractivity (Wildman–Crippen MR) is 60.0 cm³/mol. The molecule has 3 rings (SSSR count). The topological polar surface area (TPSA) is 47.1 Å². The number of likely N-dealkylation sites (N-methyl/N-ethyl adjacent to an activating group) is 1. The zero-order valence-corrected chi connectivity index (χ0v) is 9.24. The van der Waals surface area contributed by atoms with E-state index >= 15 is 0 Å². The van der Waals surface area contributed by atoms with Gasteiger partial charge in [0.2, 0.25) is 5.95 Å². The van der Waals surface area contributed by atoms with Crippen molar-refractivity contribution in [2.45, 2.75) is 37.8 Å². The molecule has 15 heavy (non-hydrogen) atoms. The normalized spacial score (nSPS) is 21.9. The molecule has 0 saturated heterocycles. The molecule has 2 heterocycles. The maximum absolute atomic E-state index is 6.07. The van der Waals surface area contributed by atoms with Crippen molar-refractivity contribution in [3.05, 3.63) is 11.9 Å². The van der Waals surface area contributed by atoms with Gasteiger partial charge in [-0.05, 0) is 25.7 Å². The first-order chi connectivity index (χ1) is 7.16. The molecule has 0 atom stereocenters. The fourth-order valence-electron chi connectivity index (χ4n) is 2.19. The van der Waals surface area contributed by atoms with Gasteiger partial charge in [0.05, 0.1) is 5.69 Å². The maximum Gasteiger partial charge on any atom is 0.205 e. The fourth-order valence-corrected chi connectivity index (χ4v) is 2.19. The summed E-state index contributed by atoms with van der Waals surface area (Å²) in [5.41, 5.74) is 7.42. The van der Waals surface area contributed by atoms with Gasteiger partial charge in [-0.2, -0.15) is 0 Å². The van der Waals surface area contributed by atoms with Crippen molar-refractivity contribution in [1.29, 1.82) is 0 Å². The van der Waals surface area contributed by atoms with Crippen molar-refractivity contribution in [2.75, 3.05) is 18.5 Å². The first kappa shape index (κ1) is 9.21. The van der Waals surface area contributed by atoms with Crippen LogP contribution in [-0.4, -0.2) is 28.7 Å². The highest BCUT2D eigenvalue weighted by atomic mass is 15.3. The third kappa shape index (κ3) is 1.63. The molecule has 1 aliphatic heterocycles. The molecule has 2 aliphatic rings. The molecule has 2 N–H and O–H groups in total. The number of anilines is 1. The number of nitrogens with two attached hydrogens (primary N) is 1. The molecule has 0 aromatic carbocycles. The van der Waals surface area contributed by atoms with E-state index in [9.17, 15) is 0 Å². The lowest BCUT2D eigenvalue weighted by molar-refractivity contribution is 0.603. The summed E-state index contributed by atoms with van der Waals surface area (Å²) in [7, 11) is 2.10. The standard InChI is InChI=1S/C11H18N4/c1-14-6-7-15-8-9(13-10(14)15)2-3-11(12)4-5-11/h8H,2-7,12H2,1H3. The number of aromatic nitrogens is 2. The average Bonchev–Trinajstić information content (AvgIpc) is 2.69. The van der Waals surface area contributed by atoms with Crippen LogP contribution in [0, 0.1) is 0 Å². The van der Waals surface area contributed by atoms with Crippen LogP contribution in [0.15, 0.2) is 6.20 Å². The Morgan fingerprint density at radius 3 is 2.93 bits per heavy atom. The summed E-state index contributed by atoms with van der Waals surface area (Å²) in [6, 6.07) is 0. The Bertz CT molecular complexity index is 378. The van der Waals surface area contributed by atoms with Gasteiger partial charge in [0.1, 0.15) is 0 Å². The summed E-state index contributed by atoms with van der Waals surface area (Å²) in [6.45, 7) is 2.16. The molecule has 1 aromatic rings. The monoisotopic (exact) mass is 206 g/mol. The zero-order valence-electron chi connectivity index (χ0n) is 9.24. The Balaban J connectivity index is 1.69. The molecular weight excluding hydrogens is 188 g/mol. The summed E-state index contributed by atoms with van der Waals surface area (Å²) < 4.78 is 2.24. The van der Waals surface area contributed by atoms with Gasteiger partial charge >= 0.3 is 0 Å². The van der Waals surface area contributed by atoms with Crippen LogP contribution in [0.3, 0.4) is 0 Å². The summed E-state index contributed by atoms with van der Waals surface area (Å²) in [6.07, 6.45) is 6.70. The van der Waals surface area contributed by atoms with Gasteiger partial charge in [0.25, 0.3) is 0 Å². The highest BCUT2D eigenvalue weighted by molar-refractivity contribution is 5.36. The first-order valence-corrected chi connectivity index (χ1v) is 5.72. The Morgan fingerprint density at radius 2 is 2.27 bits per heavy atom. The lowest BCUT2D eigenvalue weighted by Crippen LogP contribution is -2.22. The second-order valence-electron chi connectivity index (χ2n) is 5.01. The molecule has 0 spiro atoms. The molecule has 1 saturated carbocycles. The van der Waals surface area contributed by atoms with Crippen molar-refractivity contribution in [3.8, 4) is 0 Å². The number of hydrogen-bond donors (Lipinski definition) is 1. The predicted octanol–water partition coefficient (Wildman–Crippen LogP) is 0.757. The fraction of sp³-hybridized carbons (Fsp3) is 0.727. The third-order valence-corrected chi connectivity index (χ3v) is 3.59. The van der Waals surface area contributed by atoms with Crippen LogP contribution in [0.5, 0.6) is 0 Å². The highest BCUT2D eigenvalue weighted by Crippen LogP contribution is 2.36. The molecule has 82 valence electrons. The largest absolute Gasteiger partial charge is 0.344 e. The number of fused-ring (bicyclic) bond motifs is 1. The number of imidazole rings is 1. The Hall–Kier alpha value is -1.03. The quantitative estimate of drug-likeness (QED) is 0.794. The molecular formula is C11H18N4. The Kier molecular flexibility index (Phi) is 1.83. The van der Waals surface area contributed by atoms with E-state index in [1.165, 1.54) is 18.5 Å². The van der Waals surface area contributed by atoms with Crippen LogP contribution in [-0.2, 0) is 13.0 Å². The van der Waals surface area contributed by atoms with Gasteiger partial charge in [-0.25, -0.2) is 4.98 Å². The summed E-state index contributed by atoms with van der Waals surface area (Å²) in [5.74, 6) is 1.12. The molecule has 1 fully saturated rings. The number of rotatable bonds is 3. The molecule has 0 amide bonds. The second kappa shape index (κ2) is 2.98. The average molecular weight is 206 g/mol. The van der Waals surface area contributed by atoms with Crippen molar-refractivity contribution >= 4 is 5.95 Å². The minimum atomic E-state index is 0.153. The van der Waals surface area contributed by atoms with Crippen molar-refractivity contribution in [1.82, 2.24) is 9.55 Å². The summed E-state index contributed by atoms with van der Waals surface area (Å²) in [4.78, 5) is 6.84. The number of hydrogen-bond acceptors (Lipinski definition) is 3. The maximum atomic E-state index is 6.07. The van der Waals surface area contributed by atoms with Gasteiger partial charge in [-0.1, -0.05) is 0 Å². The van der Waals surface area contributed by atoms with E-state index in [0.29, 0.717) is 0 Å². The Morgan fingerprint density at radius 1 is 1.47 bits per heavy atom. The molecule has 0 radical (unpaired) electrons. The summed E-state index contributed by atoms with van der Waals surface area (Å²) in [5, 5.41) is 0. The van der Waals surface area contributed by atoms with E-state index in [-0.39, 0.29) is 5.54 Å². The van der Waals surface area contributed by atoms with E-state index in [4.69, 9.17) is 5.73 Å². The SMILES string of the molecule is CN1CCn2cc(CCC3(N)CC3)nc21.